The summed E-state index contributed by atoms with van der Waals surface area (Å²) in [6, 6.07) is 0. The Kier molecular flexibility index (Phi) is 16.4. The van der Waals surface area contributed by atoms with Gasteiger partial charge in [-0.3, -0.25) is 4.52 Å². The van der Waals surface area contributed by atoms with E-state index in [1.54, 1.807) is 0 Å². The van der Waals surface area contributed by atoms with Crippen molar-refractivity contribution in [2.45, 2.75) is 52.1 Å². The van der Waals surface area contributed by atoms with Crippen LogP contribution in [-0.4, -0.2) is 6.10 Å². The molecule has 70 valence electrons. The monoisotopic (exact) mass is 318 g/mol. The molecule has 1 unspecified atom stereocenters. The van der Waals surface area contributed by atoms with E-state index in [9.17, 15) is 4.57 Å². The van der Waals surface area contributed by atoms with E-state index >= 15 is 0 Å². The Bertz CT molecular complexity index is 101. The number of rotatable bonds is 7. The van der Waals surface area contributed by atoms with Crippen molar-refractivity contribution in [3.63, 3.8) is 0 Å². The van der Waals surface area contributed by atoms with Crippen LogP contribution >= 0.6 is 8.69 Å². The molecule has 12 heavy (non-hydrogen) atoms. The van der Waals surface area contributed by atoms with Gasteiger partial charge in [-0.05, 0) is 13.3 Å². The van der Waals surface area contributed by atoms with Crippen LogP contribution in [0.15, 0.2) is 0 Å². The molecular formula is C8H17NdO2P. The van der Waals surface area contributed by atoms with Gasteiger partial charge in [0, 0.05) is 40.8 Å². The molecule has 0 amide bonds. The number of hydrogen-bond donors (Lipinski definition) is 0. The topological polar surface area (TPSA) is 26.3 Å². The maximum Gasteiger partial charge on any atom is 0.327 e. The van der Waals surface area contributed by atoms with Crippen molar-refractivity contribution in [2.75, 3.05) is 0 Å². The zero-order chi connectivity index (χ0) is 8.53. The third-order valence-electron chi connectivity index (χ3n) is 1.69. The third-order valence-corrected chi connectivity index (χ3v) is 2.13. The molecule has 0 aliphatic rings. The van der Waals surface area contributed by atoms with E-state index in [1.807, 2.05) is 6.92 Å². The third kappa shape index (κ3) is 11.4. The molecule has 0 N–H and O–H groups in total. The van der Waals surface area contributed by atoms with Crippen LogP contribution in [0, 0.1) is 40.8 Å². The average molecular weight is 320 g/mol. The zero-order valence-corrected chi connectivity index (χ0v) is 12.0. The SMILES string of the molecule is CCCCCCC(C)OP=O.[Nd]. The summed E-state index contributed by atoms with van der Waals surface area (Å²) >= 11 is 0. The Morgan fingerprint density at radius 2 is 2.00 bits per heavy atom. The van der Waals surface area contributed by atoms with Crippen LogP contribution in [0.4, 0.5) is 0 Å². The Morgan fingerprint density at radius 3 is 2.50 bits per heavy atom. The summed E-state index contributed by atoms with van der Waals surface area (Å²) in [5.74, 6) is 0. The van der Waals surface area contributed by atoms with E-state index in [0.29, 0.717) is 0 Å². The quantitative estimate of drug-likeness (QED) is 0.529. The molecule has 0 aliphatic carbocycles. The van der Waals surface area contributed by atoms with Gasteiger partial charge in [0.1, 0.15) is 0 Å². The van der Waals surface area contributed by atoms with Gasteiger partial charge in [-0.1, -0.05) is 32.6 Å². The number of unbranched alkanes of at least 4 members (excludes halogenated alkanes) is 3. The molecule has 0 rings (SSSR count). The Labute approximate surface area is 110 Å². The molecule has 0 aromatic rings. The minimum atomic E-state index is -0.188. The van der Waals surface area contributed by atoms with E-state index in [4.69, 9.17) is 4.52 Å². The predicted octanol–water partition coefficient (Wildman–Crippen LogP) is 3.57. The van der Waals surface area contributed by atoms with Gasteiger partial charge < -0.3 is 0 Å². The summed E-state index contributed by atoms with van der Waals surface area (Å²) in [4.78, 5) is 0. The summed E-state index contributed by atoms with van der Waals surface area (Å²) < 4.78 is 14.8. The summed E-state index contributed by atoms with van der Waals surface area (Å²) in [6.45, 7) is 4.15. The first kappa shape index (κ1) is 15.9. The molecule has 1 atom stereocenters. The fraction of sp³-hybridized carbons (Fsp3) is 1.00. The molecule has 2 nitrogen and oxygen atoms in total. The minimum absolute atomic E-state index is 0. The van der Waals surface area contributed by atoms with E-state index in [0.717, 1.165) is 6.42 Å². The predicted molar refractivity (Wildman–Crippen MR) is 46.9 cm³/mol. The largest absolute Gasteiger partial charge is 0.327 e. The van der Waals surface area contributed by atoms with Gasteiger partial charge in [-0.2, -0.15) is 0 Å². The smallest absolute Gasteiger partial charge is 0.291 e. The standard InChI is InChI=1S/C8H17O2P.Nd/c1-3-4-5-6-7-8(2)10-11-9;/h8H,3-7H2,1-2H3;. The first-order valence-corrected chi connectivity index (χ1v) is 5.02. The van der Waals surface area contributed by atoms with Gasteiger partial charge in [0.05, 0.1) is 6.10 Å². The molecule has 0 saturated carbocycles. The summed E-state index contributed by atoms with van der Waals surface area (Å²) in [5.41, 5.74) is 0. The van der Waals surface area contributed by atoms with Crippen LogP contribution in [0.25, 0.3) is 0 Å². The molecule has 0 radical (unpaired) electrons. The Hall–Kier alpha value is 1.41. The van der Waals surface area contributed by atoms with Gasteiger partial charge in [-0.25, -0.2) is 4.57 Å². The second-order valence-corrected chi connectivity index (χ2v) is 3.20. The molecule has 4 heteroatoms. The zero-order valence-electron chi connectivity index (χ0n) is 7.88. The first-order valence-electron chi connectivity index (χ1n) is 4.29. The molecule has 0 saturated heterocycles. The average Bonchev–Trinajstić information content (AvgIpc) is 1.99. The molecule has 0 aliphatic heterocycles. The van der Waals surface area contributed by atoms with Crippen LogP contribution in [0.1, 0.15) is 46.0 Å². The molecule has 0 bridgehead atoms. The Morgan fingerprint density at radius 1 is 1.33 bits per heavy atom. The van der Waals surface area contributed by atoms with Crippen molar-refractivity contribution in [1.29, 1.82) is 0 Å². The molecular weight excluding hydrogens is 303 g/mol. The van der Waals surface area contributed by atoms with Gasteiger partial charge in [0.15, 0.2) is 0 Å². The molecule has 0 spiro atoms. The van der Waals surface area contributed by atoms with Crippen LogP contribution in [-0.2, 0) is 9.09 Å². The van der Waals surface area contributed by atoms with E-state index in [1.165, 1.54) is 25.7 Å². The van der Waals surface area contributed by atoms with Crippen molar-refractivity contribution in [3.05, 3.63) is 0 Å². The van der Waals surface area contributed by atoms with Gasteiger partial charge in [0.2, 0.25) is 0 Å². The van der Waals surface area contributed by atoms with Crippen LogP contribution in [0.2, 0.25) is 0 Å². The Balaban J connectivity index is 0. The van der Waals surface area contributed by atoms with Gasteiger partial charge in [0.25, 0.3) is 0 Å². The van der Waals surface area contributed by atoms with Crippen molar-refractivity contribution in [2.24, 2.45) is 0 Å². The number of hydrogen-bond acceptors (Lipinski definition) is 2. The van der Waals surface area contributed by atoms with E-state index < -0.39 is 0 Å². The fourth-order valence-corrected chi connectivity index (χ4v) is 1.24. The van der Waals surface area contributed by atoms with E-state index in [-0.39, 0.29) is 55.6 Å². The van der Waals surface area contributed by atoms with Crippen LogP contribution in [0.3, 0.4) is 0 Å². The summed E-state index contributed by atoms with van der Waals surface area (Å²) in [7, 11) is -0.188. The molecule has 0 aromatic carbocycles. The summed E-state index contributed by atoms with van der Waals surface area (Å²) in [5, 5.41) is 0. The van der Waals surface area contributed by atoms with Crippen molar-refractivity contribution in [1.82, 2.24) is 0 Å². The summed E-state index contributed by atoms with van der Waals surface area (Å²) in [6.07, 6.45) is 6.17. The van der Waals surface area contributed by atoms with Crippen molar-refractivity contribution < 1.29 is 49.9 Å². The first-order chi connectivity index (χ1) is 5.31. The van der Waals surface area contributed by atoms with Gasteiger partial charge in [-0.15, -0.1) is 0 Å². The second kappa shape index (κ2) is 12.4. The van der Waals surface area contributed by atoms with Crippen molar-refractivity contribution >= 4 is 8.69 Å². The second-order valence-electron chi connectivity index (χ2n) is 2.84. The van der Waals surface area contributed by atoms with Gasteiger partial charge >= 0.3 is 8.69 Å². The fourth-order valence-electron chi connectivity index (χ4n) is 0.985. The van der Waals surface area contributed by atoms with Crippen molar-refractivity contribution in [3.8, 4) is 0 Å². The van der Waals surface area contributed by atoms with Crippen LogP contribution in [0.5, 0.6) is 0 Å². The molecule has 0 fully saturated rings. The maximum atomic E-state index is 9.98. The minimum Gasteiger partial charge on any atom is -0.291 e. The maximum absolute atomic E-state index is 9.98. The van der Waals surface area contributed by atoms with E-state index in [2.05, 4.69) is 6.92 Å². The molecule has 0 heterocycles. The normalized spacial score (nSPS) is 12.5. The van der Waals surface area contributed by atoms with Crippen LogP contribution < -0.4 is 0 Å². The molecule has 0 aromatic heterocycles.